The lowest BCUT2D eigenvalue weighted by Crippen LogP contribution is -2.03. The van der Waals surface area contributed by atoms with E-state index in [0.717, 1.165) is 6.21 Å². The largest absolute Gasteiger partial charge is 0.293 e. The molecule has 4 heteroatoms. The Morgan fingerprint density at radius 1 is 1.78 bits per heavy atom. The highest BCUT2D eigenvalue weighted by Gasteiger charge is 2.11. The molecule has 0 atom stereocenters. The molecule has 0 spiro atoms. The van der Waals surface area contributed by atoms with Gasteiger partial charge in [0.05, 0.1) is 17.7 Å². The Hall–Kier alpha value is -0.700. The maximum atomic E-state index is 12.1. The number of carbonyl (C=O) groups excluding carboxylic acids is 1. The van der Waals surface area contributed by atoms with Crippen LogP contribution in [0.15, 0.2) is 16.0 Å². The predicted molar refractivity (Wildman–Crippen MR) is 32.1 cm³/mol. The molecule has 1 aliphatic rings. The van der Waals surface area contributed by atoms with Crippen molar-refractivity contribution in [2.24, 2.45) is 4.99 Å². The van der Waals surface area contributed by atoms with Gasteiger partial charge in [-0.3, -0.25) is 4.79 Å². The normalized spacial score (nSPS) is 19.1. The van der Waals surface area contributed by atoms with Crippen LogP contribution in [0.1, 0.15) is 6.42 Å². The summed E-state index contributed by atoms with van der Waals surface area (Å²) >= 11 is 5.23. The van der Waals surface area contributed by atoms with E-state index in [9.17, 15) is 9.18 Å². The Morgan fingerprint density at radius 2 is 2.44 bits per heavy atom. The van der Waals surface area contributed by atoms with Crippen LogP contribution in [0.25, 0.3) is 0 Å². The van der Waals surface area contributed by atoms with Gasteiger partial charge >= 0.3 is 0 Å². The van der Waals surface area contributed by atoms with Crippen molar-refractivity contribution < 1.29 is 9.18 Å². The zero-order chi connectivity index (χ0) is 6.85. The van der Waals surface area contributed by atoms with Gasteiger partial charge in [0, 0.05) is 0 Å². The molecular formula is C5H3ClFNO. The van der Waals surface area contributed by atoms with Crippen LogP contribution in [0.4, 0.5) is 4.39 Å². The lowest BCUT2D eigenvalue weighted by atomic mass is 10.2. The number of rotatable bonds is 0. The van der Waals surface area contributed by atoms with Crippen molar-refractivity contribution in [3.8, 4) is 0 Å². The second-order valence-electron chi connectivity index (χ2n) is 1.60. The second-order valence-corrected chi connectivity index (χ2v) is 2.05. The third-order valence-electron chi connectivity index (χ3n) is 0.875. The van der Waals surface area contributed by atoms with E-state index in [1.54, 1.807) is 0 Å². The minimum absolute atomic E-state index is 0.0586. The number of hydrogen-bond acceptors (Lipinski definition) is 2. The fraction of sp³-hybridized carbons (Fsp3) is 0.200. The van der Waals surface area contributed by atoms with Gasteiger partial charge in [-0.25, -0.2) is 4.99 Å². The number of allylic oxidation sites excluding steroid dienone is 1. The fourth-order valence-corrected chi connectivity index (χ4v) is 0.651. The maximum Gasteiger partial charge on any atom is 0.228 e. The van der Waals surface area contributed by atoms with Gasteiger partial charge in [-0.1, -0.05) is 11.6 Å². The maximum absolute atomic E-state index is 12.1. The third-order valence-corrected chi connectivity index (χ3v) is 1.16. The van der Waals surface area contributed by atoms with Gasteiger partial charge < -0.3 is 0 Å². The molecule has 0 aromatic heterocycles. The van der Waals surface area contributed by atoms with E-state index in [-0.39, 0.29) is 17.2 Å². The summed E-state index contributed by atoms with van der Waals surface area (Å²) in [5, 5.41) is -0.109. The quantitative estimate of drug-likeness (QED) is 0.477. The third kappa shape index (κ3) is 1.36. The molecule has 0 aliphatic carbocycles. The van der Waals surface area contributed by atoms with Crippen molar-refractivity contribution >= 4 is 23.6 Å². The van der Waals surface area contributed by atoms with E-state index in [1.165, 1.54) is 0 Å². The number of nitrogens with zero attached hydrogens (tertiary/aromatic N) is 1. The van der Waals surface area contributed by atoms with Crippen LogP contribution >= 0.6 is 11.6 Å². The van der Waals surface area contributed by atoms with Crippen molar-refractivity contribution in [3.05, 3.63) is 11.0 Å². The minimum atomic E-state index is -0.753. The van der Waals surface area contributed by atoms with E-state index >= 15 is 0 Å². The van der Waals surface area contributed by atoms with Crippen molar-refractivity contribution in [1.29, 1.82) is 0 Å². The van der Waals surface area contributed by atoms with Gasteiger partial charge in [-0.05, 0) is 0 Å². The van der Waals surface area contributed by atoms with Gasteiger partial charge in [-0.15, -0.1) is 0 Å². The highest BCUT2D eigenvalue weighted by molar-refractivity contribution is 6.37. The lowest BCUT2D eigenvalue weighted by Gasteiger charge is -1.99. The highest BCUT2D eigenvalue weighted by Crippen LogP contribution is 2.18. The minimum Gasteiger partial charge on any atom is -0.293 e. The van der Waals surface area contributed by atoms with Crippen molar-refractivity contribution in [1.82, 2.24) is 0 Å². The number of ketones is 1. The first-order chi connectivity index (χ1) is 4.20. The van der Waals surface area contributed by atoms with Crippen LogP contribution in [0.3, 0.4) is 0 Å². The number of hydrogen-bond donors (Lipinski definition) is 0. The summed E-state index contributed by atoms with van der Waals surface area (Å²) < 4.78 is 12.1. The summed E-state index contributed by atoms with van der Waals surface area (Å²) in [6.45, 7) is 0. The van der Waals surface area contributed by atoms with Crippen molar-refractivity contribution in [3.63, 3.8) is 0 Å². The van der Waals surface area contributed by atoms with Gasteiger partial charge in [0.25, 0.3) is 0 Å². The summed E-state index contributed by atoms with van der Waals surface area (Å²) in [6, 6.07) is 0. The Bertz CT molecular complexity index is 209. The molecule has 2 nitrogen and oxygen atoms in total. The van der Waals surface area contributed by atoms with Gasteiger partial charge in [-0.2, -0.15) is 4.39 Å². The molecule has 0 unspecified atom stereocenters. The molecule has 0 amide bonds. The SMILES string of the molecule is O=C1C=NC(F)=C(Cl)C1. The predicted octanol–water partition coefficient (Wildman–Crippen LogP) is 1.41. The summed E-state index contributed by atoms with van der Waals surface area (Å²) in [5.41, 5.74) is 0. The van der Waals surface area contributed by atoms with E-state index in [2.05, 4.69) is 4.99 Å². The summed E-state index contributed by atoms with van der Waals surface area (Å²) in [6.07, 6.45) is 0.873. The van der Waals surface area contributed by atoms with E-state index < -0.39 is 5.95 Å². The number of Topliss-reactive ketones (excluding diaryl/α,β-unsaturated/α-hetero) is 1. The molecule has 48 valence electrons. The molecule has 0 aromatic rings. The number of carbonyl (C=O) groups is 1. The molecule has 0 saturated heterocycles. The molecular weight excluding hydrogens is 145 g/mol. The van der Waals surface area contributed by atoms with Crippen LogP contribution in [-0.4, -0.2) is 12.0 Å². The fourth-order valence-electron chi connectivity index (χ4n) is 0.470. The van der Waals surface area contributed by atoms with Crippen molar-refractivity contribution in [2.45, 2.75) is 6.42 Å². The Kier molecular flexibility index (Phi) is 1.62. The zero-order valence-electron chi connectivity index (χ0n) is 4.40. The first-order valence-corrected chi connectivity index (χ1v) is 2.69. The van der Waals surface area contributed by atoms with Gasteiger partial charge in [0.2, 0.25) is 5.95 Å². The topological polar surface area (TPSA) is 29.4 Å². The average Bonchev–Trinajstić information content (AvgIpc) is 1.80. The molecule has 0 saturated carbocycles. The molecule has 0 N–H and O–H groups in total. The van der Waals surface area contributed by atoms with Crippen LogP contribution in [0.2, 0.25) is 0 Å². The van der Waals surface area contributed by atoms with E-state index in [1.807, 2.05) is 0 Å². The molecule has 0 bridgehead atoms. The Labute approximate surface area is 56.0 Å². The van der Waals surface area contributed by atoms with Gasteiger partial charge in [0.15, 0.2) is 5.78 Å². The van der Waals surface area contributed by atoms with E-state index in [0.29, 0.717) is 0 Å². The average molecular weight is 148 g/mol. The molecule has 0 radical (unpaired) electrons. The first-order valence-electron chi connectivity index (χ1n) is 2.31. The summed E-state index contributed by atoms with van der Waals surface area (Å²) in [5.74, 6) is -1.02. The molecule has 0 fully saturated rings. The zero-order valence-corrected chi connectivity index (χ0v) is 5.15. The summed E-state index contributed by atoms with van der Waals surface area (Å²) in [7, 11) is 0. The van der Waals surface area contributed by atoms with Crippen molar-refractivity contribution in [2.75, 3.05) is 0 Å². The summed E-state index contributed by atoms with van der Waals surface area (Å²) in [4.78, 5) is 13.5. The monoisotopic (exact) mass is 147 g/mol. The Balaban J connectivity index is 2.87. The molecule has 1 heterocycles. The Morgan fingerprint density at radius 3 is 2.89 bits per heavy atom. The number of halogens is 2. The van der Waals surface area contributed by atoms with E-state index in [4.69, 9.17) is 11.6 Å². The second kappa shape index (κ2) is 2.27. The smallest absolute Gasteiger partial charge is 0.228 e. The lowest BCUT2D eigenvalue weighted by molar-refractivity contribution is -0.112. The van der Waals surface area contributed by atoms with Crippen LogP contribution in [-0.2, 0) is 4.79 Å². The first kappa shape index (κ1) is 6.42. The highest BCUT2D eigenvalue weighted by atomic mass is 35.5. The van der Waals surface area contributed by atoms with Crippen LogP contribution in [0, 0.1) is 0 Å². The molecule has 9 heavy (non-hydrogen) atoms. The standard InChI is InChI=1S/C5H3ClFNO/c6-4-1-3(9)2-8-5(4)7/h2H,1H2. The van der Waals surface area contributed by atoms with Gasteiger partial charge in [0.1, 0.15) is 0 Å². The van der Waals surface area contributed by atoms with Crippen LogP contribution < -0.4 is 0 Å². The molecule has 0 aromatic carbocycles. The molecule has 1 aliphatic heterocycles. The molecule has 1 rings (SSSR count). The number of aliphatic imine (C=N–C) groups is 1. The van der Waals surface area contributed by atoms with Crippen LogP contribution in [0.5, 0.6) is 0 Å².